The molecule has 0 atom stereocenters. The van der Waals surface area contributed by atoms with E-state index < -0.39 is 20.0 Å². The van der Waals surface area contributed by atoms with Gasteiger partial charge in [-0.3, -0.25) is 9.52 Å². The molecule has 0 bridgehead atoms. The third-order valence-corrected chi connectivity index (χ3v) is 7.64. The second-order valence-corrected chi connectivity index (χ2v) is 10.4. The van der Waals surface area contributed by atoms with Crippen LogP contribution in [0, 0.1) is 0 Å². The third kappa shape index (κ3) is 4.03. The average Bonchev–Trinajstić information content (AvgIpc) is 3.08. The summed E-state index contributed by atoms with van der Waals surface area (Å²) < 4.78 is 52.8. The maximum Gasteiger partial charge on any atom is 0.261 e. The number of anilines is 2. The Bertz CT molecular complexity index is 1080. The molecule has 0 aliphatic carbocycles. The molecule has 3 rings (SSSR count). The average molecular weight is 424 g/mol. The van der Waals surface area contributed by atoms with Crippen molar-refractivity contribution in [3.05, 3.63) is 48.5 Å². The van der Waals surface area contributed by atoms with E-state index in [9.17, 15) is 21.6 Å². The molecule has 0 spiro atoms. The SMILES string of the molecule is CN(C)S(=O)(=O)c1ccc(S(=O)(=O)Nc2ccc(N3CCCC3=O)cc2)cc1. The summed E-state index contributed by atoms with van der Waals surface area (Å²) in [5, 5.41) is 0. The Kier molecular flexibility index (Phi) is 5.46. The predicted octanol–water partition coefficient (Wildman–Crippen LogP) is 1.86. The van der Waals surface area contributed by atoms with Crippen LogP contribution in [-0.4, -0.2) is 47.7 Å². The first-order chi connectivity index (χ1) is 13.1. The molecule has 28 heavy (non-hydrogen) atoms. The van der Waals surface area contributed by atoms with Crippen LogP contribution >= 0.6 is 0 Å². The molecule has 0 unspecified atom stereocenters. The molecule has 10 heteroatoms. The number of rotatable bonds is 6. The smallest absolute Gasteiger partial charge is 0.261 e. The lowest BCUT2D eigenvalue weighted by molar-refractivity contribution is -0.117. The van der Waals surface area contributed by atoms with E-state index in [4.69, 9.17) is 0 Å². The van der Waals surface area contributed by atoms with Crippen molar-refractivity contribution in [2.24, 2.45) is 0 Å². The van der Waals surface area contributed by atoms with Gasteiger partial charge in [-0.05, 0) is 55.0 Å². The molecular weight excluding hydrogens is 402 g/mol. The van der Waals surface area contributed by atoms with Crippen molar-refractivity contribution in [3.63, 3.8) is 0 Å². The number of amides is 1. The molecule has 1 aliphatic rings. The first kappa shape index (κ1) is 20.3. The second kappa shape index (κ2) is 7.53. The Labute approximate surface area is 164 Å². The van der Waals surface area contributed by atoms with E-state index in [0.717, 1.165) is 16.4 Å². The topological polar surface area (TPSA) is 104 Å². The van der Waals surface area contributed by atoms with Gasteiger partial charge in [-0.1, -0.05) is 0 Å². The largest absolute Gasteiger partial charge is 0.312 e. The van der Waals surface area contributed by atoms with Crippen molar-refractivity contribution < 1.29 is 21.6 Å². The summed E-state index contributed by atoms with van der Waals surface area (Å²) in [5.41, 5.74) is 1.07. The fraction of sp³-hybridized carbons (Fsp3) is 0.278. The molecule has 1 saturated heterocycles. The van der Waals surface area contributed by atoms with Crippen molar-refractivity contribution in [1.29, 1.82) is 0 Å². The third-order valence-electron chi connectivity index (χ3n) is 4.42. The fourth-order valence-electron chi connectivity index (χ4n) is 2.85. The van der Waals surface area contributed by atoms with Gasteiger partial charge in [0.1, 0.15) is 0 Å². The molecule has 2 aromatic carbocycles. The number of benzene rings is 2. The van der Waals surface area contributed by atoms with Gasteiger partial charge >= 0.3 is 0 Å². The van der Waals surface area contributed by atoms with Crippen LogP contribution in [0.25, 0.3) is 0 Å². The Hall–Kier alpha value is -2.43. The Morgan fingerprint density at radius 1 is 0.893 bits per heavy atom. The van der Waals surface area contributed by atoms with E-state index in [0.29, 0.717) is 18.7 Å². The molecule has 150 valence electrons. The van der Waals surface area contributed by atoms with Crippen molar-refractivity contribution >= 4 is 37.3 Å². The first-order valence-corrected chi connectivity index (χ1v) is 11.5. The molecule has 0 saturated carbocycles. The molecule has 1 aliphatic heterocycles. The molecule has 0 aromatic heterocycles. The summed E-state index contributed by atoms with van der Waals surface area (Å²) in [7, 11) is -4.70. The van der Waals surface area contributed by atoms with Crippen LogP contribution in [0.5, 0.6) is 0 Å². The summed E-state index contributed by atoms with van der Waals surface area (Å²) in [6, 6.07) is 11.6. The van der Waals surface area contributed by atoms with E-state index in [2.05, 4.69) is 4.72 Å². The fourth-order valence-corrected chi connectivity index (χ4v) is 4.81. The summed E-state index contributed by atoms with van der Waals surface area (Å²) >= 11 is 0. The van der Waals surface area contributed by atoms with Crippen LogP contribution in [-0.2, 0) is 24.8 Å². The lowest BCUT2D eigenvalue weighted by Crippen LogP contribution is -2.23. The van der Waals surface area contributed by atoms with Gasteiger partial charge in [0.2, 0.25) is 15.9 Å². The minimum Gasteiger partial charge on any atom is -0.312 e. The lowest BCUT2D eigenvalue weighted by atomic mass is 10.2. The van der Waals surface area contributed by atoms with Crippen molar-refractivity contribution in [3.8, 4) is 0 Å². The first-order valence-electron chi connectivity index (χ1n) is 8.57. The molecule has 1 fully saturated rings. The zero-order valence-corrected chi connectivity index (χ0v) is 17.1. The van der Waals surface area contributed by atoms with E-state index in [1.165, 1.54) is 38.4 Å². The Morgan fingerprint density at radius 3 is 1.96 bits per heavy atom. The number of nitrogens with one attached hydrogen (secondary N) is 1. The van der Waals surface area contributed by atoms with Gasteiger partial charge in [0.05, 0.1) is 9.79 Å². The van der Waals surface area contributed by atoms with Gasteiger partial charge in [-0.25, -0.2) is 21.1 Å². The van der Waals surface area contributed by atoms with Crippen LogP contribution in [0.2, 0.25) is 0 Å². The summed E-state index contributed by atoms with van der Waals surface area (Å²) in [5.74, 6) is 0.0566. The van der Waals surface area contributed by atoms with Crippen molar-refractivity contribution in [1.82, 2.24) is 4.31 Å². The standard InChI is InChI=1S/C18H21N3O5S2/c1-20(2)28(25,26)17-11-9-16(10-12-17)27(23,24)19-14-5-7-15(8-6-14)21-13-3-4-18(21)22/h5-12,19H,3-4,13H2,1-2H3. The van der Waals surface area contributed by atoms with Gasteiger partial charge in [0.15, 0.2) is 0 Å². The molecule has 8 nitrogen and oxygen atoms in total. The van der Waals surface area contributed by atoms with Gasteiger partial charge in [-0.2, -0.15) is 0 Å². The zero-order chi connectivity index (χ0) is 20.5. The summed E-state index contributed by atoms with van der Waals surface area (Å²) in [6.45, 7) is 0.659. The van der Waals surface area contributed by atoms with Crippen molar-refractivity contribution in [2.45, 2.75) is 22.6 Å². The highest BCUT2D eigenvalue weighted by Gasteiger charge is 2.22. The monoisotopic (exact) mass is 423 g/mol. The second-order valence-electron chi connectivity index (χ2n) is 6.56. The van der Waals surface area contributed by atoms with E-state index in [-0.39, 0.29) is 15.7 Å². The van der Waals surface area contributed by atoms with Crippen LogP contribution in [0.3, 0.4) is 0 Å². The van der Waals surface area contributed by atoms with Gasteiger partial charge in [0.25, 0.3) is 10.0 Å². The lowest BCUT2D eigenvalue weighted by Gasteiger charge is -2.16. The normalized spacial score (nSPS) is 15.2. The maximum absolute atomic E-state index is 12.6. The van der Waals surface area contributed by atoms with E-state index >= 15 is 0 Å². The number of carbonyl (C=O) groups excluding carboxylic acids is 1. The number of carbonyl (C=O) groups is 1. The minimum atomic E-state index is -3.88. The molecule has 1 heterocycles. The molecule has 1 N–H and O–H groups in total. The number of hydrogen-bond acceptors (Lipinski definition) is 5. The Morgan fingerprint density at radius 2 is 1.46 bits per heavy atom. The molecule has 2 aromatic rings. The molecule has 1 amide bonds. The van der Waals surface area contributed by atoms with Gasteiger partial charge < -0.3 is 4.90 Å². The zero-order valence-electron chi connectivity index (χ0n) is 15.5. The predicted molar refractivity (Wildman–Crippen MR) is 106 cm³/mol. The molecular formula is C18H21N3O5S2. The molecule has 0 radical (unpaired) electrons. The van der Waals surface area contributed by atoms with Gasteiger partial charge in [0, 0.05) is 38.4 Å². The quantitative estimate of drug-likeness (QED) is 0.764. The summed E-state index contributed by atoms with van der Waals surface area (Å²) in [4.78, 5) is 13.4. The maximum atomic E-state index is 12.6. The van der Waals surface area contributed by atoms with Crippen LogP contribution < -0.4 is 9.62 Å². The van der Waals surface area contributed by atoms with E-state index in [1.54, 1.807) is 29.2 Å². The van der Waals surface area contributed by atoms with Crippen LogP contribution in [0.1, 0.15) is 12.8 Å². The highest BCUT2D eigenvalue weighted by atomic mass is 32.2. The summed E-state index contributed by atoms with van der Waals surface area (Å²) in [6.07, 6.45) is 1.33. The van der Waals surface area contributed by atoms with Crippen LogP contribution in [0.15, 0.2) is 58.3 Å². The van der Waals surface area contributed by atoms with Crippen molar-refractivity contribution in [2.75, 3.05) is 30.3 Å². The number of sulfonamides is 2. The minimum absolute atomic E-state index is 0.0103. The Balaban J connectivity index is 1.77. The van der Waals surface area contributed by atoms with E-state index in [1.807, 2.05) is 0 Å². The number of nitrogens with zero attached hydrogens (tertiary/aromatic N) is 2. The number of hydrogen-bond donors (Lipinski definition) is 1. The highest BCUT2D eigenvalue weighted by Crippen LogP contribution is 2.25. The highest BCUT2D eigenvalue weighted by molar-refractivity contribution is 7.92. The van der Waals surface area contributed by atoms with Crippen LogP contribution in [0.4, 0.5) is 11.4 Å². The van der Waals surface area contributed by atoms with Gasteiger partial charge in [-0.15, -0.1) is 0 Å².